The molecule has 0 bridgehead atoms. The molecule has 2 atom stereocenters. The fraction of sp³-hybridized carbons (Fsp3) is 1.00. The first-order valence-corrected chi connectivity index (χ1v) is 6.82. The van der Waals surface area contributed by atoms with E-state index in [0.717, 1.165) is 25.2 Å². The zero-order chi connectivity index (χ0) is 12.4. The molecule has 0 aromatic carbocycles. The second-order valence-corrected chi connectivity index (χ2v) is 6.12. The molecule has 1 fully saturated rings. The van der Waals surface area contributed by atoms with Crippen molar-refractivity contribution in [1.82, 2.24) is 0 Å². The lowest BCUT2D eigenvalue weighted by Crippen LogP contribution is -2.55. The van der Waals surface area contributed by atoms with E-state index in [0.29, 0.717) is 12.5 Å². The van der Waals surface area contributed by atoms with Crippen molar-refractivity contribution in [3.63, 3.8) is 0 Å². The van der Waals surface area contributed by atoms with Gasteiger partial charge in [0.1, 0.15) is 0 Å². The summed E-state index contributed by atoms with van der Waals surface area (Å²) in [6, 6.07) is 0. The molecule has 16 heavy (non-hydrogen) atoms. The summed E-state index contributed by atoms with van der Waals surface area (Å²) < 4.78 is 0. The van der Waals surface area contributed by atoms with Gasteiger partial charge in [0.2, 0.25) is 0 Å². The molecule has 1 aliphatic carbocycles. The fourth-order valence-corrected chi connectivity index (χ4v) is 3.15. The van der Waals surface area contributed by atoms with Crippen molar-refractivity contribution in [3.05, 3.63) is 0 Å². The molecule has 1 saturated carbocycles. The van der Waals surface area contributed by atoms with Gasteiger partial charge in [-0.25, -0.2) is 0 Å². The minimum atomic E-state index is -0.614. The summed E-state index contributed by atoms with van der Waals surface area (Å²) >= 11 is 0. The molecule has 0 spiro atoms. The molecule has 2 heteroatoms. The lowest BCUT2D eigenvalue weighted by molar-refractivity contribution is -0.126. The van der Waals surface area contributed by atoms with Crippen LogP contribution in [0, 0.1) is 17.3 Å². The Morgan fingerprint density at radius 1 is 1.44 bits per heavy atom. The number of hydrogen-bond donors (Lipinski definition) is 2. The Labute approximate surface area is 101 Å². The van der Waals surface area contributed by atoms with E-state index in [1.165, 1.54) is 12.8 Å². The maximum atomic E-state index is 10.9. The Bertz CT molecular complexity index is 217. The molecule has 96 valence electrons. The van der Waals surface area contributed by atoms with Crippen LogP contribution < -0.4 is 5.73 Å². The monoisotopic (exact) mass is 227 g/mol. The van der Waals surface area contributed by atoms with Crippen LogP contribution in [0.3, 0.4) is 0 Å². The molecule has 0 heterocycles. The third-order valence-electron chi connectivity index (χ3n) is 5.27. The summed E-state index contributed by atoms with van der Waals surface area (Å²) in [6.07, 6.45) is 5.61. The third kappa shape index (κ3) is 2.28. The number of nitrogens with two attached hydrogens (primary N) is 1. The molecule has 2 nitrogen and oxygen atoms in total. The summed E-state index contributed by atoms with van der Waals surface area (Å²) in [7, 11) is 0. The lowest BCUT2D eigenvalue weighted by atomic mass is 9.58. The molecule has 0 aromatic rings. The van der Waals surface area contributed by atoms with E-state index in [2.05, 4.69) is 20.8 Å². The van der Waals surface area contributed by atoms with Crippen LogP contribution in [-0.2, 0) is 0 Å². The molecule has 0 radical (unpaired) electrons. The number of rotatable bonds is 4. The van der Waals surface area contributed by atoms with Gasteiger partial charge in [0.25, 0.3) is 0 Å². The van der Waals surface area contributed by atoms with E-state index in [4.69, 9.17) is 5.73 Å². The Kier molecular flexibility index (Phi) is 4.42. The first kappa shape index (κ1) is 14.0. The van der Waals surface area contributed by atoms with Crippen molar-refractivity contribution < 1.29 is 5.11 Å². The molecule has 2 unspecified atom stereocenters. The van der Waals surface area contributed by atoms with Crippen molar-refractivity contribution in [2.45, 2.75) is 65.4 Å². The smallest absolute Gasteiger partial charge is 0.0713 e. The van der Waals surface area contributed by atoms with E-state index >= 15 is 0 Å². The van der Waals surface area contributed by atoms with Crippen LogP contribution in [0.25, 0.3) is 0 Å². The van der Waals surface area contributed by atoms with Crippen molar-refractivity contribution >= 4 is 0 Å². The summed E-state index contributed by atoms with van der Waals surface area (Å²) in [4.78, 5) is 0. The molecular weight excluding hydrogens is 198 g/mol. The van der Waals surface area contributed by atoms with Gasteiger partial charge >= 0.3 is 0 Å². The zero-order valence-electron chi connectivity index (χ0n) is 11.4. The molecule has 0 aliphatic heterocycles. The van der Waals surface area contributed by atoms with Gasteiger partial charge in [-0.2, -0.15) is 0 Å². The van der Waals surface area contributed by atoms with Gasteiger partial charge in [-0.3, -0.25) is 0 Å². The van der Waals surface area contributed by atoms with Crippen LogP contribution in [0.2, 0.25) is 0 Å². The van der Waals surface area contributed by atoms with Gasteiger partial charge in [0.15, 0.2) is 0 Å². The first-order valence-electron chi connectivity index (χ1n) is 6.82. The first-order chi connectivity index (χ1) is 7.39. The fourth-order valence-electron chi connectivity index (χ4n) is 3.15. The Morgan fingerprint density at radius 3 is 2.31 bits per heavy atom. The highest BCUT2D eigenvalue weighted by molar-refractivity contribution is 5.01. The summed E-state index contributed by atoms with van der Waals surface area (Å²) in [5.41, 5.74) is 5.34. The van der Waals surface area contributed by atoms with Gasteiger partial charge in [0, 0.05) is 12.0 Å². The molecule has 0 amide bonds. The third-order valence-corrected chi connectivity index (χ3v) is 5.27. The van der Waals surface area contributed by atoms with E-state index in [-0.39, 0.29) is 5.41 Å². The molecule has 0 aromatic heterocycles. The van der Waals surface area contributed by atoms with E-state index < -0.39 is 5.60 Å². The predicted octanol–water partition coefficient (Wildman–Crippen LogP) is 2.94. The van der Waals surface area contributed by atoms with E-state index in [1.54, 1.807) is 0 Å². The van der Waals surface area contributed by atoms with Crippen LogP contribution in [0.15, 0.2) is 0 Å². The van der Waals surface area contributed by atoms with E-state index in [9.17, 15) is 5.11 Å². The largest absolute Gasteiger partial charge is 0.389 e. The van der Waals surface area contributed by atoms with Gasteiger partial charge in [-0.1, -0.05) is 40.0 Å². The quantitative estimate of drug-likeness (QED) is 0.775. The zero-order valence-corrected chi connectivity index (χ0v) is 11.4. The molecular formula is C14H29NO. The molecule has 3 N–H and O–H groups in total. The van der Waals surface area contributed by atoms with Crippen LogP contribution in [-0.4, -0.2) is 17.3 Å². The topological polar surface area (TPSA) is 46.2 Å². The van der Waals surface area contributed by atoms with Gasteiger partial charge in [0.05, 0.1) is 5.60 Å². The highest BCUT2D eigenvalue weighted by Gasteiger charge is 2.49. The van der Waals surface area contributed by atoms with E-state index in [1.807, 2.05) is 6.92 Å². The number of aliphatic hydroxyl groups is 1. The Morgan fingerprint density at radius 2 is 1.94 bits per heavy atom. The standard InChI is InChI=1S/C14H29NO/c1-5-12(3)13(4,16)14(10-15)8-6-11(2)7-9-14/h11-12,16H,5-10,15H2,1-4H3. The second kappa shape index (κ2) is 5.05. The van der Waals surface area contributed by atoms with Crippen LogP contribution in [0.4, 0.5) is 0 Å². The Hall–Kier alpha value is -0.0800. The summed E-state index contributed by atoms with van der Waals surface area (Å²) in [5.74, 6) is 1.12. The maximum Gasteiger partial charge on any atom is 0.0713 e. The van der Waals surface area contributed by atoms with Crippen molar-refractivity contribution in [2.24, 2.45) is 23.0 Å². The lowest BCUT2D eigenvalue weighted by Gasteiger charge is -2.51. The minimum Gasteiger partial charge on any atom is -0.389 e. The predicted molar refractivity (Wildman–Crippen MR) is 69.2 cm³/mol. The van der Waals surface area contributed by atoms with Gasteiger partial charge in [-0.15, -0.1) is 0 Å². The highest BCUT2D eigenvalue weighted by Crippen LogP contribution is 2.49. The normalized spacial score (nSPS) is 36.8. The maximum absolute atomic E-state index is 10.9. The average Bonchev–Trinajstić information content (AvgIpc) is 2.29. The van der Waals surface area contributed by atoms with Crippen LogP contribution in [0.1, 0.15) is 59.8 Å². The molecule has 1 rings (SSSR count). The van der Waals surface area contributed by atoms with Crippen molar-refractivity contribution in [2.75, 3.05) is 6.54 Å². The van der Waals surface area contributed by atoms with Crippen LogP contribution in [0.5, 0.6) is 0 Å². The molecule has 0 saturated heterocycles. The van der Waals surface area contributed by atoms with Crippen LogP contribution >= 0.6 is 0 Å². The number of hydrogen-bond acceptors (Lipinski definition) is 2. The van der Waals surface area contributed by atoms with Crippen molar-refractivity contribution in [1.29, 1.82) is 0 Å². The molecule has 1 aliphatic rings. The highest BCUT2D eigenvalue weighted by atomic mass is 16.3. The summed E-state index contributed by atoms with van der Waals surface area (Å²) in [6.45, 7) is 9.23. The van der Waals surface area contributed by atoms with Gasteiger partial charge in [-0.05, 0) is 31.6 Å². The minimum absolute atomic E-state index is 0.0467. The van der Waals surface area contributed by atoms with Gasteiger partial charge < -0.3 is 10.8 Å². The second-order valence-electron chi connectivity index (χ2n) is 6.12. The Balaban J connectivity index is 2.87. The van der Waals surface area contributed by atoms with Crippen molar-refractivity contribution in [3.8, 4) is 0 Å². The summed E-state index contributed by atoms with van der Waals surface area (Å²) in [5, 5.41) is 10.9. The average molecular weight is 227 g/mol. The SMILES string of the molecule is CCC(C)C(C)(O)C1(CN)CCC(C)CC1.